The van der Waals surface area contributed by atoms with E-state index in [0.717, 1.165) is 0 Å². The third-order valence-electron chi connectivity index (χ3n) is 5.70. The Balaban J connectivity index is 2.05. The third kappa shape index (κ3) is 2.91. The molecule has 8 heteroatoms. The fourth-order valence-electron chi connectivity index (χ4n) is 4.04. The van der Waals surface area contributed by atoms with Gasteiger partial charge in [0.05, 0.1) is 47.2 Å². The predicted octanol–water partition coefficient (Wildman–Crippen LogP) is 2.41. The van der Waals surface area contributed by atoms with Crippen LogP contribution in [0.2, 0.25) is 0 Å². The van der Waals surface area contributed by atoms with Gasteiger partial charge in [-0.1, -0.05) is 12.1 Å². The summed E-state index contributed by atoms with van der Waals surface area (Å²) in [5.74, 6) is 0.225. The highest BCUT2D eigenvalue weighted by Gasteiger charge is 2.23. The van der Waals surface area contributed by atoms with Crippen LogP contribution in [0.3, 0.4) is 0 Å². The van der Waals surface area contributed by atoms with Crippen LogP contribution >= 0.6 is 0 Å². The Morgan fingerprint density at radius 2 is 1.13 bits per heavy atom. The number of benzene rings is 2. The number of aromatic nitrogens is 2. The molecule has 8 nitrogen and oxygen atoms in total. The van der Waals surface area contributed by atoms with Crippen LogP contribution in [-0.2, 0) is 20.5 Å². The topological polar surface area (TPSA) is 103 Å². The molecule has 0 aliphatic carbocycles. The summed E-state index contributed by atoms with van der Waals surface area (Å²) in [6, 6.07) is 10.2. The highest BCUT2D eigenvalue weighted by Crippen LogP contribution is 2.38. The second-order valence-corrected chi connectivity index (χ2v) is 7.27. The molecule has 2 aromatic carbocycles. The fourth-order valence-corrected chi connectivity index (χ4v) is 4.04. The van der Waals surface area contributed by atoms with Crippen molar-refractivity contribution in [2.75, 3.05) is 14.2 Å². The zero-order valence-corrected chi connectivity index (χ0v) is 17.6. The maximum absolute atomic E-state index is 13.0. The first kappa shape index (κ1) is 20.3. The Morgan fingerprint density at radius 1 is 0.742 bits per heavy atom. The number of ether oxygens (including phenoxy) is 2. The van der Waals surface area contributed by atoms with Gasteiger partial charge in [0, 0.05) is 20.5 Å². The van der Waals surface area contributed by atoms with Crippen molar-refractivity contribution in [1.82, 2.24) is 9.13 Å². The van der Waals surface area contributed by atoms with E-state index in [0.29, 0.717) is 33.3 Å². The molecule has 0 aliphatic heterocycles. The maximum atomic E-state index is 13.0. The number of nitrogens with zero attached hydrogens (tertiary/aromatic N) is 2. The van der Waals surface area contributed by atoms with Crippen LogP contribution in [0.15, 0.2) is 46.0 Å². The quantitative estimate of drug-likeness (QED) is 0.524. The molecule has 0 amide bonds. The van der Waals surface area contributed by atoms with Crippen molar-refractivity contribution in [2.45, 2.75) is 6.42 Å². The van der Waals surface area contributed by atoms with Crippen molar-refractivity contribution < 1.29 is 19.7 Å². The highest BCUT2D eigenvalue weighted by atomic mass is 16.5. The second-order valence-electron chi connectivity index (χ2n) is 7.27. The minimum Gasteiger partial charge on any atom is -0.507 e. The molecule has 0 aliphatic rings. The van der Waals surface area contributed by atoms with Crippen molar-refractivity contribution in [2.24, 2.45) is 14.1 Å². The molecule has 0 radical (unpaired) electrons. The van der Waals surface area contributed by atoms with E-state index < -0.39 is 11.1 Å². The van der Waals surface area contributed by atoms with E-state index in [9.17, 15) is 19.8 Å². The van der Waals surface area contributed by atoms with Crippen molar-refractivity contribution in [3.63, 3.8) is 0 Å². The molecule has 4 aromatic rings. The molecular weight excluding hydrogens is 400 g/mol. The summed E-state index contributed by atoms with van der Waals surface area (Å²) in [7, 11) is 6.09. The van der Waals surface area contributed by atoms with E-state index in [1.165, 1.54) is 23.4 Å². The molecule has 31 heavy (non-hydrogen) atoms. The van der Waals surface area contributed by atoms with Gasteiger partial charge in [-0.2, -0.15) is 0 Å². The Hall–Kier alpha value is -3.94. The normalized spacial score (nSPS) is 11.2. The number of aromatic hydroxyl groups is 2. The van der Waals surface area contributed by atoms with Crippen LogP contribution < -0.4 is 20.6 Å². The van der Waals surface area contributed by atoms with Gasteiger partial charge in [-0.05, 0) is 24.3 Å². The van der Waals surface area contributed by atoms with Crippen molar-refractivity contribution >= 4 is 21.8 Å². The van der Waals surface area contributed by atoms with Crippen molar-refractivity contribution in [3.05, 3.63) is 68.2 Å². The molecule has 0 saturated carbocycles. The average Bonchev–Trinajstić information content (AvgIpc) is 2.79. The summed E-state index contributed by atoms with van der Waals surface area (Å²) >= 11 is 0. The zero-order chi connectivity index (χ0) is 22.4. The zero-order valence-electron chi connectivity index (χ0n) is 17.6. The Morgan fingerprint density at radius 3 is 1.48 bits per heavy atom. The first-order chi connectivity index (χ1) is 14.8. The number of aryl methyl sites for hydroxylation is 2. The SMILES string of the molecule is COc1cccc2c1c(O)c(Cc1c(O)c3c(OC)cccc3n(C)c1=O)c(=O)n2C. The van der Waals surface area contributed by atoms with Gasteiger partial charge in [0.15, 0.2) is 0 Å². The predicted molar refractivity (Wildman–Crippen MR) is 118 cm³/mol. The molecule has 0 unspecified atom stereocenters. The number of hydrogen-bond acceptors (Lipinski definition) is 6. The number of fused-ring (bicyclic) bond motifs is 2. The maximum Gasteiger partial charge on any atom is 0.258 e. The van der Waals surface area contributed by atoms with Crippen LogP contribution in [0.4, 0.5) is 0 Å². The summed E-state index contributed by atoms with van der Waals surface area (Å²) in [5.41, 5.74) is 0.00719. The standard InChI is InChI=1S/C23H22N2O6/c1-24-14-7-5-9-16(30-3)18(14)20(26)12(22(24)28)11-13-21(27)19-15(25(2)23(13)29)8-6-10-17(19)31-4/h5-10,26-27H,11H2,1-4H3. The molecule has 0 saturated heterocycles. The monoisotopic (exact) mass is 422 g/mol. The van der Waals surface area contributed by atoms with E-state index in [4.69, 9.17) is 9.47 Å². The molecule has 0 atom stereocenters. The van der Waals surface area contributed by atoms with Crippen LogP contribution in [0.5, 0.6) is 23.0 Å². The average molecular weight is 422 g/mol. The van der Waals surface area contributed by atoms with Gasteiger partial charge in [0.2, 0.25) is 0 Å². The van der Waals surface area contributed by atoms with Crippen molar-refractivity contribution in [3.8, 4) is 23.0 Å². The van der Waals surface area contributed by atoms with Crippen LogP contribution in [0.1, 0.15) is 11.1 Å². The molecule has 4 rings (SSSR count). The lowest BCUT2D eigenvalue weighted by Crippen LogP contribution is -2.26. The molecule has 2 N–H and O–H groups in total. The van der Waals surface area contributed by atoms with E-state index in [1.54, 1.807) is 50.5 Å². The van der Waals surface area contributed by atoms with E-state index in [2.05, 4.69) is 0 Å². The summed E-state index contributed by atoms with van der Waals surface area (Å²) in [4.78, 5) is 26.1. The lowest BCUT2D eigenvalue weighted by Gasteiger charge is -2.16. The number of methoxy groups -OCH3 is 2. The molecule has 0 bridgehead atoms. The summed E-state index contributed by atoms with van der Waals surface area (Å²) in [6.45, 7) is 0. The molecular formula is C23H22N2O6. The largest absolute Gasteiger partial charge is 0.507 e. The van der Waals surface area contributed by atoms with Gasteiger partial charge in [-0.3, -0.25) is 9.59 Å². The minimum absolute atomic E-state index is 0.0128. The summed E-state index contributed by atoms with van der Waals surface area (Å²) < 4.78 is 13.5. The van der Waals surface area contributed by atoms with Crippen LogP contribution in [-0.4, -0.2) is 33.6 Å². The summed E-state index contributed by atoms with van der Waals surface area (Å²) in [5, 5.41) is 22.7. The Labute approximate surface area is 177 Å². The molecule has 0 fully saturated rings. The smallest absolute Gasteiger partial charge is 0.258 e. The van der Waals surface area contributed by atoms with Gasteiger partial charge >= 0.3 is 0 Å². The lowest BCUT2D eigenvalue weighted by molar-refractivity contribution is 0.414. The first-order valence-electron chi connectivity index (χ1n) is 9.56. The molecule has 2 heterocycles. The van der Waals surface area contributed by atoms with Gasteiger partial charge < -0.3 is 28.8 Å². The minimum atomic E-state index is -0.472. The number of pyridine rings is 2. The Bertz CT molecular complexity index is 1350. The summed E-state index contributed by atoms with van der Waals surface area (Å²) in [6.07, 6.45) is -0.265. The van der Waals surface area contributed by atoms with E-state index >= 15 is 0 Å². The van der Waals surface area contributed by atoms with Gasteiger partial charge in [0.25, 0.3) is 11.1 Å². The van der Waals surface area contributed by atoms with E-state index in [1.807, 2.05) is 0 Å². The Kier molecular flexibility index (Phi) is 4.85. The second kappa shape index (κ2) is 7.39. The van der Waals surface area contributed by atoms with Gasteiger partial charge in [0.1, 0.15) is 23.0 Å². The van der Waals surface area contributed by atoms with Gasteiger partial charge in [-0.15, -0.1) is 0 Å². The van der Waals surface area contributed by atoms with Crippen molar-refractivity contribution in [1.29, 1.82) is 0 Å². The van der Waals surface area contributed by atoms with Crippen LogP contribution in [0, 0.1) is 0 Å². The third-order valence-corrected chi connectivity index (χ3v) is 5.70. The number of rotatable bonds is 4. The molecule has 0 spiro atoms. The lowest BCUT2D eigenvalue weighted by atomic mass is 10.00. The molecule has 2 aromatic heterocycles. The fraction of sp³-hybridized carbons (Fsp3) is 0.217. The highest BCUT2D eigenvalue weighted by molar-refractivity contribution is 5.93. The number of hydrogen-bond donors (Lipinski definition) is 2. The van der Waals surface area contributed by atoms with Gasteiger partial charge in [-0.25, -0.2) is 0 Å². The van der Waals surface area contributed by atoms with Crippen LogP contribution in [0.25, 0.3) is 21.8 Å². The molecule has 160 valence electrons. The van der Waals surface area contributed by atoms with E-state index in [-0.39, 0.29) is 29.0 Å². The first-order valence-corrected chi connectivity index (χ1v) is 9.56.